The molecule has 0 saturated heterocycles. The highest BCUT2D eigenvalue weighted by Gasteiger charge is 2.35. The lowest BCUT2D eigenvalue weighted by molar-refractivity contribution is 0.166. The molecule has 1 unspecified atom stereocenters. The van der Waals surface area contributed by atoms with E-state index in [1.54, 1.807) is 0 Å². The SMILES string of the molecule is COC(=O)NC(NC(=S)Nc1ccccc1C)C(Cl)(Cl)Cl. The van der Waals surface area contributed by atoms with Gasteiger partial charge in [0.2, 0.25) is 3.79 Å². The standard InChI is InChI=1S/C12H14Cl3N3O2S/c1-7-5-3-4-6-8(7)16-10(21)17-9(12(13,14)15)18-11(19)20-2/h3-6,9H,1-2H3,(H,18,19)(H2,16,17,21). The third-order valence-corrected chi connectivity index (χ3v) is 3.32. The van der Waals surface area contributed by atoms with Crippen LogP contribution in [0.2, 0.25) is 0 Å². The number of para-hydroxylation sites is 1. The smallest absolute Gasteiger partial charge is 0.408 e. The van der Waals surface area contributed by atoms with Gasteiger partial charge >= 0.3 is 6.09 Å². The summed E-state index contributed by atoms with van der Waals surface area (Å²) >= 11 is 22.5. The van der Waals surface area contributed by atoms with E-state index in [1.165, 1.54) is 7.11 Å². The molecule has 3 N–H and O–H groups in total. The third-order valence-electron chi connectivity index (χ3n) is 2.44. The van der Waals surface area contributed by atoms with Gasteiger partial charge in [0.1, 0.15) is 0 Å². The Morgan fingerprint density at radius 1 is 1.29 bits per heavy atom. The van der Waals surface area contributed by atoms with Gasteiger partial charge in [-0.05, 0) is 30.8 Å². The van der Waals surface area contributed by atoms with Crippen LogP contribution >= 0.6 is 47.0 Å². The molecule has 0 bridgehead atoms. The number of carbonyl (C=O) groups is 1. The maximum atomic E-state index is 11.2. The Balaban J connectivity index is 2.73. The van der Waals surface area contributed by atoms with E-state index < -0.39 is 16.1 Å². The molecule has 0 radical (unpaired) electrons. The fraction of sp³-hybridized carbons (Fsp3) is 0.333. The van der Waals surface area contributed by atoms with Gasteiger partial charge in [-0.1, -0.05) is 53.0 Å². The molecule has 0 spiro atoms. The molecule has 1 amide bonds. The monoisotopic (exact) mass is 369 g/mol. The van der Waals surface area contributed by atoms with Crippen molar-refractivity contribution >= 4 is 63.9 Å². The highest BCUT2D eigenvalue weighted by atomic mass is 35.6. The number of alkyl carbamates (subject to hydrolysis) is 1. The molecule has 0 aliphatic rings. The Morgan fingerprint density at radius 2 is 1.90 bits per heavy atom. The number of thiocarbonyl (C=S) groups is 1. The summed E-state index contributed by atoms with van der Waals surface area (Å²) < 4.78 is 2.65. The molecule has 1 aromatic rings. The van der Waals surface area contributed by atoms with Crippen LogP contribution in [0.1, 0.15) is 5.56 Å². The number of aryl methyl sites for hydroxylation is 1. The summed E-state index contributed by atoms with van der Waals surface area (Å²) in [5.41, 5.74) is 1.80. The zero-order valence-corrected chi connectivity index (χ0v) is 14.3. The van der Waals surface area contributed by atoms with E-state index in [1.807, 2.05) is 31.2 Å². The summed E-state index contributed by atoms with van der Waals surface area (Å²) in [7, 11) is 1.20. The first kappa shape index (κ1) is 18.1. The fourth-order valence-electron chi connectivity index (χ4n) is 1.38. The molecule has 116 valence electrons. The summed E-state index contributed by atoms with van der Waals surface area (Å²) in [6, 6.07) is 7.53. The second-order valence-electron chi connectivity index (χ2n) is 4.02. The quantitative estimate of drug-likeness (QED) is 0.433. The maximum Gasteiger partial charge on any atom is 0.408 e. The topological polar surface area (TPSA) is 62.4 Å². The van der Waals surface area contributed by atoms with Crippen LogP contribution in [-0.4, -0.2) is 28.3 Å². The van der Waals surface area contributed by atoms with E-state index in [0.717, 1.165) is 11.3 Å². The lowest BCUT2D eigenvalue weighted by Crippen LogP contribution is -2.56. The molecule has 1 aromatic carbocycles. The van der Waals surface area contributed by atoms with Gasteiger partial charge in [0, 0.05) is 5.69 Å². The average molecular weight is 371 g/mol. The normalized spacial score (nSPS) is 12.2. The van der Waals surface area contributed by atoms with Gasteiger partial charge in [0.15, 0.2) is 11.3 Å². The largest absolute Gasteiger partial charge is 0.453 e. The van der Waals surface area contributed by atoms with E-state index in [9.17, 15) is 4.79 Å². The number of halogens is 3. The molecule has 1 atom stereocenters. The minimum atomic E-state index is -1.81. The first-order valence-electron chi connectivity index (χ1n) is 5.78. The van der Waals surface area contributed by atoms with Crippen molar-refractivity contribution in [1.82, 2.24) is 10.6 Å². The van der Waals surface area contributed by atoms with Gasteiger partial charge in [0.05, 0.1) is 7.11 Å². The second-order valence-corrected chi connectivity index (χ2v) is 6.80. The number of anilines is 1. The average Bonchev–Trinajstić information content (AvgIpc) is 2.39. The highest BCUT2D eigenvalue weighted by Crippen LogP contribution is 2.29. The van der Waals surface area contributed by atoms with Crippen LogP contribution in [-0.2, 0) is 4.74 Å². The maximum absolute atomic E-state index is 11.2. The highest BCUT2D eigenvalue weighted by molar-refractivity contribution is 7.80. The van der Waals surface area contributed by atoms with Crippen molar-refractivity contribution in [3.05, 3.63) is 29.8 Å². The van der Waals surface area contributed by atoms with Crippen LogP contribution in [0.4, 0.5) is 10.5 Å². The number of rotatable bonds is 3. The number of hydrogen-bond acceptors (Lipinski definition) is 3. The van der Waals surface area contributed by atoms with Crippen molar-refractivity contribution in [2.24, 2.45) is 0 Å². The summed E-state index contributed by atoms with van der Waals surface area (Å²) in [6.45, 7) is 1.92. The van der Waals surface area contributed by atoms with Crippen LogP contribution < -0.4 is 16.0 Å². The number of amides is 1. The van der Waals surface area contributed by atoms with E-state index in [0.29, 0.717) is 0 Å². The minimum absolute atomic E-state index is 0.192. The van der Waals surface area contributed by atoms with E-state index >= 15 is 0 Å². The Bertz CT molecular complexity index is 523. The summed E-state index contributed by atoms with van der Waals surface area (Å²) in [4.78, 5) is 11.2. The number of benzene rings is 1. The molecular weight excluding hydrogens is 357 g/mol. The van der Waals surface area contributed by atoms with E-state index in [2.05, 4.69) is 20.7 Å². The van der Waals surface area contributed by atoms with Crippen molar-refractivity contribution in [3.8, 4) is 0 Å². The Hall–Kier alpha value is -0.950. The van der Waals surface area contributed by atoms with Crippen molar-refractivity contribution in [1.29, 1.82) is 0 Å². The van der Waals surface area contributed by atoms with Gasteiger partial charge in [-0.25, -0.2) is 4.79 Å². The van der Waals surface area contributed by atoms with Gasteiger partial charge in [-0.15, -0.1) is 0 Å². The fourth-order valence-corrected chi connectivity index (χ4v) is 1.93. The predicted octanol–water partition coefficient (Wildman–Crippen LogP) is 3.33. The first-order valence-corrected chi connectivity index (χ1v) is 7.32. The Kier molecular flexibility index (Phi) is 6.80. The first-order chi connectivity index (χ1) is 9.74. The van der Waals surface area contributed by atoms with Crippen molar-refractivity contribution in [2.75, 3.05) is 12.4 Å². The van der Waals surface area contributed by atoms with Crippen molar-refractivity contribution in [3.63, 3.8) is 0 Å². The minimum Gasteiger partial charge on any atom is -0.453 e. The van der Waals surface area contributed by atoms with Gasteiger partial charge in [-0.2, -0.15) is 0 Å². The third kappa shape index (κ3) is 6.13. The molecule has 0 heterocycles. The lowest BCUT2D eigenvalue weighted by Gasteiger charge is -2.27. The second kappa shape index (κ2) is 7.89. The van der Waals surface area contributed by atoms with Crippen LogP contribution in [0, 0.1) is 6.92 Å². The molecule has 0 aliphatic carbocycles. The molecule has 1 rings (SSSR count). The molecule has 0 aliphatic heterocycles. The summed E-state index contributed by atoms with van der Waals surface area (Å²) in [5.74, 6) is 0. The molecule has 21 heavy (non-hydrogen) atoms. The molecule has 0 aromatic heterocycles. The number of alkyl halides is 3. The Labute approximate surface area is 143 Å². The number of methoxy groups -OCH3 is 1. The van der Waals surface area contributed by atoms with Crippen LogP contribution in [0.5, 0.6) is 0 Å². The van der Waals surface area contributed by atoms with Gasteiger partial charge in [0.25, 0.3) is 0 Å². The summed E-state index contributed by atoms with van der Waals surface area (Å²) in [6.07, 6.45) is -1.81. The van der Waals surface area contributed by atoms with E-state index in [-0.39, 0.29) is 5.11 Å². The predicted molar refractivity (Wildman–Crippen MR) is 90.2 cm³/mol. The number of hydrogen-bond donors (Lipinski definition) is 3. The molecule has 5 nitrogen and oxygen atoms in total. The van der Waals surface area contributed by atoms with Crippen LogP contribution in [0.15, 0.2) is 24.3 Å². The van der Waals surface area contributed by atoms with Crippen LogP contribution in [0.3, 0.4) is 0 Å². The lowest BCUT2D eigenvalue weighted by atomic mass is 10.2. The van der Waals surface area contributed by atoms with Crippen molar-refractivity contribution < 1.29 is 9.53 Å². The van der Waals surface area contributed by atoms with E-state index in [4.69, 9.17) is 47.0 Å². The number of carbonyl (C=O) groups excluding carboxylic acids is 1. The zero-order chi connectivity index (χ0) is 16.0. The Morgan fingerprint density at radius 3 is 2.43 bits per heavy atom. The van der Waals surface area contributed by atoms with Gasteiger partial charge in [-0.3, -0.25) is 5.32 Å². The molecule has 0 saturated carbocycles. The molecule has 9 heteroatoms. The summed E-state index contributed by atoms with van der Waals surface area (Å²) in [5, 5.41) is 8.20. The number of ether oxygens (including phenoxy) is 1. The van der Waals surface area contributed by atoms with Crippen molar-refractivity contribution in [2.45, 2.75) is 16.9 Å². The molecule has 0 fully saturated rings. The van der Waals surface area contributed by atoms with Crippen LogP contribution in [0.25, 0.3) is 0 Å². The number of nitrogens with one attached hydrogen (secondary N) is 3. The molecular formula is C12H14Cl3N3O2S. The van der Waals surface area contributed by atoms with Gasteiger partial charge < -0.3 is 15.4 Å². The zero-order valence-electron chi connectivity index (χ0n) is 11.2.